The standard InChI is InChI=1S/C24H28N4O4S/c29-33(30,20-5-2-1-3-6-20)27-18-8-10-19(11-9-18)32-24-21-7-4-12-25-22(21)17-23(26-24)28-13-15-31-16-14-28/h1-7,12,17-19,27H,8-11,13-16H2. The number of sulfonamides is 1. The van der Waals surface area contributed by atoms with Crippen molar-refractivity contribution >= 4 is 26.7 Å². The van der Waals surface area contributed by atoms with Crippen LogP contribution >= 0.6 is 0 Å². The highest BCUT2D eigenvalue weighted by Gasteiger charge is 2.27. The third kappa shape index (κ3) is 5.10. The first-order valence-electron chi connectivity index (χ1n) is 11.4. The van der Waals surface area contributed by atoms with Crippen molar-refractivity contribution in [1.82, 2.24) is 14.7 Å². The molecular weight excluding hydrogens is 440 g/mol. The number of anilines is 1. The van der Waals surface area contributed by atoms with Crippen molar-refractivity contribution in [1.29, 1.82) is 0 Å². The van der Waals surface area contributed by atoms with Crippen LogP contribution in [0.25, 0.3) is 10.9 Å². The van der Waals surface area contributed by atoms with Gasteiger partial charge < -0.3 is 14.4 Å². The van der Waals surface area contributed by atoms with E-state index in [-0.39, 0.29) is 12.1 Å². The van der Waals surface area contributed by atoms with E-state index in [9.17, 15) is 8.42 Å². The number of rotatable bonds is 6. The smallest absolute Gasteiger partial charge is 0.240 e. The number of ether oxygens (including phenoxy) is 2. The third-order valence-electron chi connectivity index (χ3n) is 6.21. The summed E-state index contributed by atoms with van der Waals surface area (Å²) in [5.41, 5.74) is 0.855. The van der Waals surface area contributed by atoms with Gasteiger partial charge in [-0.25, -0.2) is 13.1 Å². The van der Waals surface area contributed by atoms with Gasteiger partial charge >= 0.3 is 0 Å². The van der Waals surface area contributed by atoms with Crippen LogP contribution in [0, 0.1) is 0 Å². The molecule has 0 unspecified atom stereocenters. The van der Waals surface area contributed by atoms with Crippen molar-refractivity contribution in [3.63, 3.8) is 0 Å². The molecule has 1 aliphatic carbocycles. The molecule has 0 spiro atoms. The Kier molecular flexibility index (Phi) is 6.43. The lowest BCUT2D eigenvalue weighted by molar-refractivity contribution is 0.121. The Labute approximate surface area is 194 Å². The van der Waals surface area contributed by atoms with E-state index in [1.165, 1.54) is 0 Å². The minimum Gasteiger partial charge on any atom is -0.474 e. The molecule has 9 heteroatoms. The predicted molar refractivity (Wildman–Crippen MR) is 126 cm³/mol. The SMILES string of the molecule is O=S(=O)(NC1CCC(Oc2nc(N3CCOCC3)cc3ncccc23)CC1)c1ccccc1. The van der Waals surface area contributed by atoms with Gasteiger partial charge in [0.15, 0.2) is 0 Å². The van der Waals surface area contributed by atoms with Crippen LogP contribution in [0.4, 0.5) is 5.82 Å². The number of hydrogen-bond acceptors (Lipinski definition) is 7. The number of fused-ring (bicyclic) bond motifs is 1. The zero-order valence-electron chi connectivity index (χ0n) is 18.4. The average Bonchev–Trinajstić information content (AvgIpc) is 2.86. The van der Waals surface area contributed by atoms with E-state index in [2.05, 4.69) is 14.6 Å². The molecule has 5 rings (SSSR count). The second-order valence-corrected chi connectivity index (χ2v) is 10.2. The van der Waals surface area contributed by atoms with Crippen LogP contribution < -0.4 is 14.4 Å². The number of aromatic nitrogens is 2. The van der Waals surface area contributed by atoms with E-state index in [0.717, 1.165) is 55.5 Å². The first-order chi connectivity index (χ1) is 16.1. The molecule has 2 fully saturated rings. The average molecular weight is 469 g/mol. The zero-order chi connectivity index (χ0) is 22.7. The summed E-state index contributed by atoms with van der Waals surface area (Å²) < 4.78 is 40.0. The Hall–Kier alpha value is -2.75. The summed E-state index contributed by atoms with van der Waals surface area (Å²) in [7, 11) is -3.51. The van der Waals surface area contributed by atoms with E-state index in [0.29, 0.717) is 24.0 Å². The summed E-state index contributed by atoms with van der Waals surface area (Å²) >= 11 is 0. The first-order valence-corrected chi connectivity index (χ1v) is 12.9. The van der Waals surface area contributed by atoms with Gasteiger partial charge in [-0.15, -0.1) is 0 Å². The molecule has 1 saturated heterocycles. The summed E-state index contributed by atoms with van der Waals surface area (Å²) in [4.78, 5) is 11.8. The van der Waals surface area contributed by atoms with Crippen molar-refractivity contribution in [2.24, 2.45) is 0 Å². The first kappa shape index (κ1) is 22.1. The van der Waals surface area contributed by atoms with Gasteiger partial charge in [-0.3, -0.25) is 4.98 Å². The van der Waals surface area contributed by atoms with Crippen molar-refractivity contribution in [2.45, 2.75) is 42.7 Å². The van der Waals surface area contributed by atoms with Crippen LogP contribution in [0.5, 0.6) is 5.88 Å². The maximum absolute atomic E-state index is 12.6. The van der Waals surface area contributed by atoms with Gasteiger partial charge in [-0.2, -0.15) is 4.98 Å². The Morgan fingerprint density at radius 1 is 1.00 bits per heavy atom. The van der Waals surface area contributed by atoms with Crippen molar-refractivity contribution in [2.75, 3.05) is 31.2 Å². The summed E-state index contributed by atoms with van der Waals surface area (Å²) in [5, 5.41) is 0.890. The Morgan fingerprint density at radius 2 is 1.76 bits per heavy atom. The molecule has 2 aromatic heterocycles. The molecule has 3 aromatic rings. The second kappa shape index (κ2) is 9.62. The van der Waals surface area contributed by atoms with Crippen LogP contribution in [0.15, 0.2) is 59.6 Å². The Bertz CT molecular complexity index is 1190. The fourth-order valence-electron chi connectivity index (χ4n) is 4.42. The summed E-state index contributed by atoms with van der Waals surface area (Å²) in [5.74, 6) is 1.44. The quantitative estimate of drug-likeness (QED) is 0.594. The minimum absolute atomic E-state index is 0.0154. The van der Waals surface area contributed by atoms with Gasteiger partial charge in [0.05, 0.1) is 29.0 Å². The number of nitrogens with one attached hydrogen (secondary N) is 1. The van der Waals surface area contributed by atoms with E-state index >= 15 is 0 Å². The third-order valence-corrected chi connectivity index (χ3v) is 7.75. The van der Waals surface area contributed by atoms with E-state index in [1.807, 2.05) is 24.3 Å². The lowest BCUT2D eigenvalue weighted by Gasteiger charge is -2.30. The molecule has 0 radical (unpaired) electrons. The monoisotopic (exact) mass is 468 g/mol. The van der Waals surface area contributed by atoms with E-state index in [4.69, 9.17) is 14.5 Å². The van der Waals surface area contributed by atoms with Crippen LogP contribution in [0.3, 0.4) is 0 Å². The second-order valence-electron chi connectivity index (χ2n) is 8.48. The van der Waals surface area contributed by atoms with Gasteiger partial charge in [0.2, 0.25) is 15.9 Å². The molecule has 2 aliphatic rings. The molecule has 0 bridgehead atoms. The number of benzene rings is 1. The largest absolute Gasteiger partial charge is 0.474 e. The lowest BCUT2D eigenvalue weighted by Crippen LogP contribution is -2.39. The normalized spacial score (nSPS) is 21.8. The highest BCUT2D eigenvalue weighted by Crippen LogP contribution is 2.31. The highest BCUT2D eigenvalue weighted by molar-refractivity contribution is 7.89. The number of hydrogen-bond donors (Lipinski definition) is 1. The highest BCUT2D eigenvalue weighted by atomic mass is 32.2. The zero-order valence-corrected chi connectivity index (χ0v) is 19.2. The van der Waals surface area contributed by atoms with Gasteiger partial charge in [0.1, 0.15) is 11.9 Å². The summed E-state index contributed by atoms with van der Waals surface area (Å²) in [6.07, 6.45) is 4.71. The lowest BCUT2D eigenvalue weighted by atomic mass is 9.94. The molecule has 174 valence electrons. The number of morpholine rings is 1. The maximum Gasteiger partial charge on any atom is 0.240 e. The van der Waals surface area contributed by atoms with Crippen molar-refractivity contribution in [3.05, 3.63) is 54.7 Å². The molecule has 8 nitrogen and oxygen atoms in total. The van der Waals surface area contributed by atoms with Crippen molar-refractivity contribution < 1.29 is 17.9 Å². The van der Waals surface area contributed by atoms with Gasteiger partial charge in [0.25, 0.3) is 0 Å². The fourth-order valence-corrected chi connectivity index (χ4v) is 5.75. The van der Waals surface area contributed by atoms with Crippen molar-refractivity contribution in [3.8, 4) is 5.88 Å². The number of pyridine rings is 2. The molecule has 33 heavy (non-hydrogen) atoms. The Balaban J connectivity index is 1.27. The summed E-state index contributed by atoms with van der Waals surface area (Å²) in [6, 6.07) is 14.3. The Morgan fingerprint density at radius 3 is 2.52 bits per heavy atom. The topological polar surface area (TPSA) is 93.7 Å². The molecule has 1 aromatic carbocycles. The minimum atomic E-state index is -3.51. The maximum atomic E-state index is 12.6. The van der Waals surface area contributed by atoms with Crippen LogP contribution in [-0.2, 0) is 14.8 Å². The van der Waals surface area contributed by atoms with Crippen LogP contribution in [-0.4, -0.2) is 56.8 Å². The molecular formula is C24H28N4O4S. The van der Waals surface area contributed by atoms with Crippen LogP contribution in [0.2, 0.25) is 0 Å². The molecule has 0 amide bonds. The number of nitrogens with zero attached hydrogens (tertiary/aromatic N) is 3. The predicted octanol–water partition coefficient (Wildman–Crippen LogP) is 3.13. The van der Waals surface area contributed by atoms with Gasteiger partial charge in [-0.1, -0.05) is 18.2 Å². The van der Waals surface area contributed by atoms with E-state index < -0.39 is 10.0 Å². The fraction of sp³-hybridized carbons (Fsp3) is 0.417. The molecule has 1 aliphatic heterocycles. The molecule has 0 atom stereocenters. The van der Waals surface area contributed by atoms with Gasteiger partial charge in [-0.05, 0) is 49.9 Å². The molecule has 1 saturated carbocycles. The molecule has 3 heterocycles. The molecule has 1 N–H and O–H groups in total. The van der Waals surface area contributed by atoms with Crippen LogP contribution in [0.1, 0.15) is 25.7 Å². The van der Waals surface area contributed by atoms with E-state index in [1.54, 1.807) is 30.5 Å². The van der Waals surface area contributed by atoms with Gasteiger partial charge in [0, 0.05) is 31.4 Å². The summed E-state index contributed by atoms with van der Waals surface area (Å²) in [6.45, 7) is 2.94.